The van der Waals surface area contributed by atoms with E-state index in [-0.39, 0.29) is 18.3 Å². The van der Waals surface area contributed by atoms with Gasteiger partial charge in [-0.05, 0) is 25.7 Å². The average molecular weight is 234 g/mol. The van der Waals surface area contributed by atoms with Crippen LogP contribution < -0.4 is 0 Å². The molecule has 4 unspecified atom stereocenters. The molecule has 4 nitrogen and oxygen atoms in total. The quantitative estimate of drug-likeness (QED) is 0.800. The van der Waals surface area contributed by atoms with E-state index < -0.39 is 0 Å². The maximum atomic E-state index is 7.00. The Morgan fingerprint density at radius 2 is 1.62 bits per heavy atom. The third-order valence-corrected chi connectivity index (χ3v) is 2.96. The van der Waals surface area contributed by atoms with Crippen molar-refractivity contribution in [2.45, 2.75) is 45.0 Å². The van der Waals surface area contributed by atoms with Crippen LogP contribution in [0.3, 0.4) is 0 Å². The van der Waals surface area contributed by atoms with E-state index in [1.54, 1.807) is 14.2 Å². The molecular formula is C12H26O4. The van der Waals surface area contributed by atoms with Crippen LogP contribution in [0.5, 0.6) is 0 Å². The number of aliphatic hydroxyl groups excluding tert-OH is 1. The molecular weight excluding hydrogens is 208 g/mol. The smallest absolute Gasteiger partial charge is 0.109 e. The van der Waals surface area contributed by atoms with Crippen molar-refractivity contribution in [3.05, 3.63) is 0 Å². The fourth-order valence-electron chi connectivity index (χ4n) is 2.31. The maximum absolute atomic E-state index is 7.00. The van der Waals surface area contributed by atoms with Gasteiger partial charge in [-0.25, -0.2) is 0 Å². The lowest BCUT2D eigenvalue weighted by atomic mass is 9.84. The van der Waals surface area contributed by atoms with Crippen LogP contribution in [0.4, 0.5) is 0 Å². The van der Waals surface area contributed by atoms with E-state index in [1.165, 1.54) is 0 Å². The Morgan fingerprint density at radius 1 is 1.06 bits per heavy atom. The van der Waals surface area contributed by atoms with E-state index in [1.807, 2.05) is 6.92 Å². The molecule has 1 aliphatic rings. The van der Waals surface area contributed by atoms with Crippen molar-refractivity contribution in [3.8, 4) is 0 Å². The standard InChI is InChI=1S/C11H22O3.CH4O/c1-5-14-10-7-8(2)6-9(12-3)11(10)13-4;1-2/h8-11H,5-7H2,1-4H3;2H,1H3. The van der Waals surface area contributed by atoms with Gasteiger partial charge in [-0.3, -0.25) is 0 Å². The second kappa shape index (κ2) is 8.93. The number of methoxy groups -OCH3 is 2. The molecule has 1 rings (SSSR count). The molecule has 1 N–H and O–H groups in total. The molecule has 0 aromatic rings. The molecule has 4 heteroatoms. The fraction of sp³-hybridized carbons (Fsp3) is 1.00. The zero-order chi connectivity index (χ0) is 12.6. The largest absolute Gasteiger partial charge is 0.400 e. The highest BCUT2D eigenvalue weighted by atomic mass is 16.6. The molecule has 0 radical (unpaired) electrons. The zero-order valence-corrected chi connectivity index (χ0v) is 11.1. The van der Waals surface area contributed by atoms with Crippen molar-refractivity contribution < 1.29 is 19.3 Å². The third-order valence-electron chi connectivity index (χ3n) is 2.96. The minimum atomic E-state index is 0.0937. The molecule has 4 atom stereocenters. The topological polar surface area (TPSA) is 47.9 Å². The van der Waals surface area contributed by atoms with Crippen molar-refractivity contribution in [2.75, 3.05) is 27.9 Å². The van der Waals surface area contributed by atoms with Gasteiger partial charge in [0.25, 0.3) is 0 Å². The van der Waals surface area contributed by atoms with E-state index in [9.17, 15) is 0 Å². The predicted octanol–water partition coefficient (Wildman–Crippen LogP) is 1.46. The van der Waals surface area contributed by atoms with Gasteiger partial charge in [0.05, 0.1) is 12.2 Å². The summed E-state index contributed by atoms with van der Waals surface area (Å²) in [6.07, 6.45) is 2.61. The number of aliphatic hydroxyl groups is 1. The SMILES string of the molecule is CCOC1CC(C)CC(OC)C1OC.CO. The Balaban J connectivity index is 0.00000106. The van der Waals surface area contributed by atoms with Crippen LogP contribution in [0.25, 0.3) is 0 Å². The summed E-state index contributed by atoms with van der Waals surface area (Å²) in [5.74, 6) is 0.655. The van der Waals surface area contributed by atoms with Crippen LogP contribution in [0, 0.1) is 5.92 Å². The van der Waals surface area contributed by atoms with Gasteiger partial charge in [0.15, 0.2) is 0 Å². The first-order valence-corrected chi connectivity index (χ1v) is 5.84. The van der Waals surface area contributed by atoms with Crippen LogP contribution in [-0.4, -0.2) is 51.4 Å². The first-order chi connectivity index (χ1) is 7.72. The summed E-state index contributed by atoms with van der Waals surface area (Å²) in [5.41, 5.74) is 0. The van der Waals surface area contributed by atoms with Gasteiger partial charge in [0.1, 0.15) is 6.10 Å². The molecule has 16 heavy (non-hydrogen) atoms. The van der Waals surface area contributed by atoms with Gasteiger partial charge in [-0.15, -0.1) is 0 Å². The Bertz CT molecular complexity index is 163. The maximum Gasteiger partial charge on any atom is 0.109 e. The van der Waals surface area contributed by atoms with Gasteiger partial charge in [0.2, 0.25) is 0 Å². The average Bonchev–Trinajstić information content (AvgIpc) is 2.31. The highest BCUT2D eigenvalue weighted by molar-refractivity contribution is 4.87. The van der Waals surface area contributed by atoms with E-state index in [4.69, 9.17) is 19.3 Å². The van der Waals surface area contributed by atoms with Crippen LogP contribution >= 0.6 is 0 Å². The summed E-state index contributed by atoms with van der Waals surface area (Å²) < 4.78 is 16.6. The van der Waals surface area contributed by atoms with Gasteiger partial charge < -0.3 is 19.3 Å². The summed E-state index contributed by atoms with van der Waals surface area (Å²) >= 11 is 0. The van der Waals surface area contributed by atoms with Gasteiger partial charge >= 0.3 is 0 Å². The highest BCUT2D eigenvalue weighted by Gasteiger charge is 2.37. The van der Waals surface area contributed by atoms with E-state index in [0.717, 1.165) is 26.6 Å². The number of ether oxygens (including phenoxy) is 3. The van der Waals surface area contributed by atoms with E-state index in [2.05, 4.69) is 6.92 Å². The fourth-order valence-corrected chi connectivity index (χ4v) is 2.31. The predicted molar refractivity (Wildman–Crippen MR) is 63.5 cm³/mol. The van der Waals surface area contributed by atoms with Gasteiger partial charge in [-0.2, -0.15) is 0 Å². The number of hydrogen-bond acceptors (Lipinski definition) is 4. The molecule has 1 aliphatic carbocycles. The lowest BCUT2D eigenvalue weighted by Gasteiger charge is -2.38. The Kier molecular flexibility index (Phi) is 8.84. The molecule has 0 saturated heterocycles. The lowest BCUT2D eigenvalue weighted by molar-refractivity contribution is -0.146. The van der Waals surface area contributed by atoms with Crippen LogP contribution in [0.1, 0.15) is 26.7 Å². The van der Waals surface area contributed by atoms with Crippen LogP contribution in [0.2, 0.25) is 0 Å². The number of hydrogen-bond donors (Lipinski definition) is 1. The molecule has 98 valence electrons. The van der Waals surface area contributed by atoms with Crippen molar-refractivity contribution >= 4 is 0 Å². The molecule has 1 saturated carbocycles. The molecule has 0 bridgehead atoms. The summed E-state index contributed by atoms with van der Waals surface area (Å²) in [6.45, 7) is 5.01. The van der Waals surface area contributed by atoms with Crippen molar-refractivity contribution in [1.29, 1.82) is 0 Å². The molecule has 0 spiro atoms. The third kappa shape index (κ3) is 4.37. The summed E-state index contributed by atoms with van der Waals surface area (Å²) in [6, 6.07) is 0. The van der Waals surface area contributed by atoms with Gasteiger partial charge in [0, 0.05) is 27.9 Å². The Morgan fingerprint density at radius 3 is 2.06 bits per heavy atom. The Hall–Kier alpha value is -0.160. The number of rotatable bonds is 4. The van der Waals surface area contributed by atoms with Gasteiger partial charge in [-0.1, -0.05) is 6.92 Å². The first-order valence-electron chi connectivity index (χ1n) is 5.84. The summed E-state index contributed by atoms with van der Waals surface area (Å²) in [5, 5.41) is 7.00. The molecule has 0 aliphatic heterocycles. The van der Waals surface area contributed by atoms with E-state index in [0.29, 0.717) is 5.92 Å². The second-order valence-electron chi connectivity index (χ2n) is 4.04. The molecule has 1 fully saturated rings. The lowest BCUT2D eigenvalue weighted by Crippen LogP contribution is -2.47. The monoisotopic (exact) mass is 234 g/mol. The highest BCUT2D eigenvalue weighted by Crippen LogP contribution is 2.29. The minimum absolute atomic E-state index is 0.0937. The molecule has 0 amide bonds. The van der Waals surface area contributed by atoms with Crippen LogP contribution in [-0.2, 0) is 14.2 Å². The first kappa shape index (κ1) is 15.8. The minimum Gasteiger partial charge on any atom is -0.400 e. The zero-order valence-electron chi connectivity index (χ0n) is 11.1. The van der Waals surface area contributed by atoms with Crippen molar-refractivity contribution in [1.82, 2.24) is 0 Å². The summed E-state index contributed by atoms with van der Waals surface area (Å²) in [7, 11) is 4.48. The van der Waals surface area contributed by atoms with Crippen LogP contribution in [0.15, 0.2) is 0 Å². The molecule has 0 heterocycles. The molecule has 0 aromatic heterocycles. The summed E-state index contributed by atoms with van der Waals surface area (Å²) in [4.78, 5) is 0. The van der Waals surface area contributed by atoms with Crippen molar-refractivity contribution in [2.24, 2.45) is 5.92 Å². The Labute approximate surface area is 98.9 Å². The molecule has 0 aromatic carbocycles. The van der Waals surface area contributed by atoms with E-state index >= 15 is 0 Å². The normalized spacial score (nSPS) is 34.1. The second-order valence-corrected chi connectivity index (χ2v) is 4.04. The van der Waals surface area contributed by atoms with Crippen molar-refractivity contribution in [3.63, 3.8) is 0 Å².